The molecule has 0 spiro atoms. The van der Waals surface area contributed by atoms with Gasteiger partial charge in [0.1, 0.15) is 6.04 Å². The number of hydrogen-bond donors (Lipinski definition) is 1. The van der Waals surface area contributed by atoms with Gasteiger partial charge in [-0.15, -0.1) is 0 Å². The molecule has 0 aromatic heterocycles. The molecule has 2 amide bonds. The number of nitrogens with zero attached hydrogens (tertiary/aromatic N) is 1. The van der Waals surface area contributed by atoms with Gasteiger partial charge in [0.15, 0.2) is 0 Å². The molecule has 0 aliphatic heterocycles. The summed E-state index contributed by atoms with van der Waals surface area (Å²) in [7, 11) is 1.54. The Morgan fingerprint density at radius 2 is 1.69 bits per heavy atom. The number of benzene rings is 2. The number of hydrogen-bond acceptors (Lipinski definition) is 4. The lowest BCUT2D eigenvalue weighted by Crippen LogP contribution is -2.43. The largest absolute Gasteiger partial charge is 0.462 e. The Hall–Kier alpha value is -3.15. The van der Waals surface area contributed by atoms with Crippen LogP contribution in [-0.4, -0.2) is 42.4 Å². The minimum absolute atomic E-state index is 0.290. The van der Waals surface area contributed by atoms with Crippen molar-refractivity contribution >= 4 is 17.8 Å². The maximum atomic E-state index is 12.5. The van der Waals surface area contributed by atoms with Crippen molar-refractivity contribution in [1.82, 2.24) is 4.90 Å². The first-order valence-electron chi connectivity index (χ1n) is 8.29. The molecule has 1 atom stereocenters. The Bertz CT molecular complexity index is 815. The fourth-order valence-corrected chi connectivity index (χ4v) is 2.42. The number of amides is 2. The summed E-state index contributed by atoms with van der Waals surface area (Å²) in [5.74, 6) is -1.22. The zero-order chi connectivity index (χ0) is 19.3. The van der Waals surface area contributed by atoms with E-state index in [-0.39, 0.29) is 11.9 Å². The standard InChI is InChI=1S/C20H22N2O4/c1-4-26-20(25)15-10-8-14(9-11-15)16-6-5-7-17(12-16)19(24)22(3)13(2)18(21)23/h5-13H,4H2,1-3H3,(H2,21,23)/t13-/m1/s1. The number of carbonyl (C=O) groups excluding carboxylic acids is 3. The highest BCUT2D eigenvalue weighted by Gasteiger charge is 2.21. The van der Waals surface area contributed by atoms with Crippen LogP contribution in [0.4, 0.5) is 0 Å². The van der Waals surface area contributed by atoms with Gasteiger partial charge in [-0.1, -0.05) is 24.3 Å². The van der Waals surface area contributed by atoms with Gasteiger partial charge in [-0.3, -0.25) is 9.59 Å². The molecular weight excluding hydrogens is 332 g/mol. The third-order valence-corrected chi connectivity index (χ3v) is 4.15. The lowest BCUT2D eigenvalue weighted by atomic mass is 10.0. The molecule has 0 saturated carbocycles. The highest BCUT2D eigenvalue weighted by Crippen LogP contribution is 2.22. The second-order valence-corrected chi connectivity index (χ2v) is 5.87. The minimum atomic E-state index is -0.699. The van der Waals surface area contributed by atoms with Gasteiger partial charge in [0, 0.05) is 12.6 Å². The summed E-state index contributed by atoms with van der Waals surface area (Å²) < 4.78 is 4.97. The summed E-state index contributed by atoms with van der Waals surface area (Å²) in [5, 5.41) is 0. The van der Waals surface area contributed by atoms with E-state index in [0.717, 1.165) is 11.1 Å². The van der Waals surface area contributed by atoms with Crippen molar-refractivity contribution in [2.24, 2.45) is 5.73 Å². The number of rotatable bonds is 6. The van der Waals surface area contributed by atoms with Crippen molar-refractivity contribution in [2.75, 3.05) is 13.7 Å². The normalized spacial score (nSPS) is 11.5. The Morgan fingerprint density at radius 1 is 1.04 bits per heavy atom. The van der Waals surface area contributed by atoms with Crippen molar-refractivity contribution in [1.29, 1.82) is 0 Å². The molecule has 0 aliphatic carbocycles. The number of likely N-dealkylation sites (N-methyl/N-ethyl adjacent to an activating group) is 1. The summed E-state index contributed by atoms with van der Waals surface area (Å²) in [4.78, 5) is 36.9. The van der Waals surface area contributed by atoms with Crippen molar-refractivity contribution in [3.63, 3.8) is 0 Å². The number of carbonyl (C=O) groups is 3. The van der Waals surface area contributed by atoms with Crippen molar-refractivity contribution in [2.45, 2.75) is 19.9 Å². The van der Waals surface area contributed by atoms with E-state index in [2.05, 4.69) is 0 Å². The second-order valence-electron chi connectivity index (χ2n) is 5.87. The van der Waals surface area contributed by atoms with Crippen molar-refractivity contribution in [3.8, 4) is 11.1 Å². The van der Waals surface area contributed by atoms with Gasteiger partial charge >= 0.3 is 5.97 Å². The van der Waals surface area contributed by atoms with Crippen LogP contribution in [-0.2, 0) is 9.53 Å². The molecule has 2 aromatic rings. The Morgan fingerprint density at radius 3 is 2.27 bits per heavy atom. The van der Waals surface area contributed by atoms with E-state index in [9.17, 15) is 14.4 Å². The zero-order valence-electron chi connectivity index (χ0n) is 15.1. The first-order valence-corrected chi connectivity index (χ1v) is 8.29. The number of esters is 1. The van der Waals surface area contributed by atoms with Gasteiger partial charge in [-0.25, -0.2) is 4.79 Å². The predicted octanol–water partition coefficient (Wildman–Crippen LogP) is 2.48. The SMILES string of the molecule is CCOC(=O)c1ccc(-c2cccc(C(=O)N(C)[C@H](C)C(N)=O)c2)cc1. The maximum absolute atomic E-state index is 12.5. The van der Waals surface area contributed by atoms with E-state index in [0.29, 0.717) is 17.7 Å². The van der Waals surface area contributed by atoms with Crippen LogP contribution in [0.2, 0.25) is 0 Å². The molecule has 0 heterocycles. The fourth-order valence-electron chi connectivity index (χ4n) is 2.42. The Kier molecular flexibility index (Phi) is 6.11. The van der Waals surface area contributed by atoms with Gasteiger partial charge in [0.05, 0.1) is 12.2 Å². The molecule has 0 fully saturated rings. The summed E-state index contributed by atoms with van der Waals surface area (Å²) in [6.45, 7) is 3.66. The summed E-state index contributed by atoms with van der Waals surface area (Å²) in [6, 6.07) is 13.3. The van der Waals surface area contributed by atoms with E-state index >= 15 is 0 Å². The van der Waals surface area contributed by atoms with Gasteiger partial charge in [0.25, 0.3) is 5.91 Å². The second kappa shape index (κ2) is 8.29. The molecule has 2 N–H and O–H groups in total. The van der Waals surface area contributed by atoms with Gasteiger partial charge in [0.2, 0.25) is 5.91 Å². The molecule has 2 rings (SSSR count). The highest BCUT2D eigenvalue weighted by atomic mass is 16.5. The number of nitrogens with two attached hydrogens (primary N) is 1. The molecule has 26 heavy (non-hydrogen) atoms. The van der Waals surface area contributed by atoms with Crippen LogP contribution in [0.15, 0.2) is 48.5 Å². The molecule has 0 aliphatic rings. The molecule has 0 saturated heterocycles. The summed E-state index contributed by atoms with van der Waals surface area (Å²) >= 11 is 0. The monoisotopic (exact) mass is 354 g/mol. The first kappa shape index (κ1) is 19.2. The third-order valence-electron chi connectivity index (χ3n) is 4.15. The van der Waals surface area contributed by atoms with Crippen LogP contribution in [0.3, 0.4) is 0 Å². The van der Waals surface area contributed by atoms with E-state index < -0.39 is 11.9 Å². The third kappa shape index (κ3) is 4.27. The topological polar surface area (TPSA) is 89.7 Å². The van der Waals surface area contributed by atoms with Gasteiger partial charge in [-0.05, 0) is 49.2 Å². The van der Waals surface area contributed by atoms with E-state index in [1.165, 1.54) is 4.90 Å². The van der Waals surface area contributed by atoms with Gasteiger partial charge < -0.3 is 15.4 Å². The lowest BCUT2D eigenvalue weighted by molar-refractivity contribution is -0.121. The average Bonchev–Trinajstić information content (AvgIpc) is 2.66. The quantitative estimate of drug-likeness (QED) is 0.807. The zero-order valence-corrected chi connectivity index (χ0v) is 15.1. The molecule has 0 bridgehead atoms. The molecule has 6 nitrogen and oxygen atoms in total. The van der Waals surface area contributed by atoms with Crippen LogP contribution in [0.25, 0.3) is 11.1 Å². The summed E-state index contributed by atoms with van der Waals surface area (Å²) in [5.41, 5.74) is 7.87. The molecular formula is C20H22N2O4. The molecule has 136 valence electrons. The number of ether oxygens (including phenoxy) is 1. The van der Waals surface area contributed by atoms with Crippen LogP contribution in [0.1, 0.15) is 34.6 Å². The maximum Gasteiger partial charge on any atom is 0.338 e. The van der Waals surface area contributed by atoms with E-state index in [1.807, 2.05) is 6.07 Å². The molecule has 2 aromatic carbocycles. The Labute approximate surface area is 152 Å². The Balaban J connectivity index is 2.25. The number of primary amides is 1. The van der Waals surface area contributed by atoms with E-state index in [1.54, 1.807) is 63.4 Å². The summed E-state index contributed by atoms with van der Waals surface area (Å²) in [6.07, 6.45) is 0. The van der Waals surface area contributed by atoms with Crippen molar-refractivity contribution < 1.29 is 19.1 Å². The van der Waals surface area contributed by atoms with Crippen LogP contribution < -0.4 is 5.73 Å². The van der Waals surface area contributed by atoms with Crippen LogP contribution >= 0.6 is 0 Å². The highest BCUT2D eigenvalue weighted by molar-refractivity contribution is 5.98. The molecule has 0 radical (unpaired) electrons. The predicted molar refractivity (Wildman–Crippen MR) is 98.6 cm³/mol. The minimum Gasteiger partial charge on any atom is -0.462 e. The smallest absolute Gasteiger partial charge is 0.338 e. The molecule has 6 heteroatoms. The van der Waals surface area contributed by atoms with Crippen LogP contribution in [0, 0.1) is 0 Å². The molecule has 0 unspecified atom stereocenters. The van der Waals surface area contributed by atoms with Crippen molar-refractivity contribution in [3.05, 3.63) is 59.7 Å². The van der Waals surface area contributed by atoms with Crippen LogP contribution in [0.5, 0.6) is 0 Å². The first-order chi connectivity index (χ1) is 12.3. The lowest BCUT2D eigenvalue weighted by Gasteiger charge is -2.22. The fraction of sp³-hybridized carbons (Fsp3) is 0.250. The average molecular weight is 354 g/mol. The van der Waals surface area contributed by atoms with E-state index in [4.69, 9.17) is 10.5 Å². The van der Waals surface area contributed by atoms with Gasteiger partial charge in [-0.2, -0.15) is 0 Å².